The average Bonchev–Trinajstić information content (AvgIpc) is 2.34. The Morgan fingerprint density at radius 1 is 1.43 bits per heavy atom. The van der Waals surface area contributed by atoms with Gasteiger partial charge in [0.15, 0.2) is 6.10 Å². The van der Waals surface area contributed by atoms with Gasteiger partial charge in [0, 0.05) is 0 Å². The lowest BCUT2D eigenvalue weighted by molar-refractivity contribution is -0.109. The zero-order valence-corrected chi connectivity index (χ0v) is 11.9. The number of hydrogen-bond acceptors (Lipinski definition) is 4. The molecule has 5 nitrogen and oxygen atoms in total. The van der Waals surface area contributed by atoms with Crippen LogP contribution >= 0.6 is 0 Å². The minimum atomic E-state index is -3.68. The molecule has 0 aliphatic rings. The fourth-order valence-electron chi connectivity index (χ4n) is 1.37. The summed E-state index contributed by atoms with van der Waals surface area (Å²) in [4.78, 5) is 14.7. The smallest absolute Gasteiger partial charge is 0.407 e. The number of alkyl carbamates (subject to hydrolysis) is 1. The van der Waals surface area contributed by atoms with Gasteiger partial charge >= 0.3 is 6.09 Å². The molecule has 0 saturated carbocycles. The number of carbonyl (C=O) groups is 1. The van der Waals surface area contributed by atoms with Crippen LogP contribution in [0, 0.1) is 5.82 Å². The predicted octanol–water partition coefficient (Wildman–Crippen LogP) is 2.41. The fourth-order valence-corrected chi connectivity index (χ4v) is 1.37. The summed E-state index contributed by atoms with van der Waals surface area (Å²) < 4.78 is 44.9. The highest BCUT2D eigenvalue weighted by Gasteiger charge is 2.41. The second-order valence-electron chi connectivity index (χ2n) is 5.42. The van der Waals surface area contributed by atoms with E-state index < -0.39 is 41.8 Å². The van der Waals surface area contributed by atoms with Crippen molar-refractivity contribution in [3.63, 3.8) is 0 Å². The largest absolute Gasteiger partial charge is 0.444 e. The molecule has 0 bridgehead atoms. The number of carbonyl (C=O) groups excluding carboxylic acids is 1. The minimum absolute atomic E-state index is 0.396. The molecule has 0 saturated heterocycles. The number of pyridine rings is 1. The van der Waals surface area contributed by atoms with Gasteiger partial charge in [0.1, 0.15) is 11.4 Å². The third kappa shape index (κ3) is 5.58. The van der Waals surface area contributed by atoms with Gasteiger partial charge in [-0.25, -0.2) is 18.0 Å². The summed E-state index contributed by atoms with van der Waals surface area (Å²) in [6.45, 7) is 3.62. The van der Waals surface area contributed by atoms with E-state index in [9.17, 15) is 23.1 Å². The van der Waals surface area contributed by atoms with Gasteiger partial charge in [-0.2, -0.15) is 0 Å². The lowest BCUT2D eigenvalue weighted by Gasteiger charge is -2.24. The van der Waals surface area contributed by atoms with Gasteiger partial charge in [-0.05, 0) is 32.9 Å². The van der Waals surface area contributed by atoms with Crippen LogP contribution in [0.4, 0.5) is 18.0 Å². The van der Waals surface area contributed by atoms with Gasteiger partial charge in [0.05, 0.1) is 18.4 Å². The number of hydrogen-bond donors (Lipinski definition) is 2. The van der Waals surface area contributed by atoms with Crippen molar-refractivity contribution < 1.29 is 27.8 Å². The molecule has 1 aromatic heterocycles. The maximum atomic E-state index is 13.7. The Morgan fingerprint density at radius 3 is 2.52 bits per heavy atom. The SMILES string of the molecule is CC(C)(C)OC(=O)NCC(F)(F)C(O)c1ccc(F)cn1. The number of halogens is 3. The first-order chi connectivity index (χ1) is 9.51. The van der Waals surface area contributed by atoms with Crippen LogP contribution in [-0.4, -0.2) is 34.3 Å². The Labute approximate surface area is 120 Å². The molecular weight excluding hydrogens is 289 g/mol. The van der Waals surface area contributed by atoms with E-state index in [1.807, 2.05) is 5.32 Å². The van der Waals surface area contributed by atoms with Crippen molar-refractivity contribution in [3.05, 3.63) is 29.8 Å². The first-order valence-electron chi connectivity index (χ1n) is 6.15. The van der Waals surface area contributed by atoms with Gasteiger partial charge < -0.3 is 15.2 Å². The lowest BCUT2D eigenvalue weighted by Crippen LogP contribution is -2.43. The summed E-state index contributed by atoms with van der Waals surface area (Å²) in [5.41, 5.74) is -1.22. The van der Waals surface area contributed by atoms with Crippen LogP contribution in [0.1, 0.15) is 32.6 Å². The quantitative estimate of drug-likeness (QED) is 0.896. The molecule has 1 rings (SSSR count). The zero-order valence-electron chi connectivity index (χ0n) is 11.9. The van der Waals surface area contributed by atoms with Crippen molar-refractivity contribution in [2.45, 2.75) is 38.4 Å². The summed E-state index contributed by atoms with van der Waals surface area (Å²) in [7, 11) is 0. The van der Waals surface area contributed by atoms with E-state index in [2.05, 4.69) is 4.98 Å². The molecule has 0 aliphatic carbocycles. The van der Waals surface area contributed by atoms with E-state index in [4.69, 9.17) is 4.74 Å². The first-order valence-corrected chi connectivity index (χ1v) is 6.15. The molecule has 1 amide bonds. The van der Waals surface area contributed by atoms with Crippen molar-refractivity contribution in [2.24, 2.45) is 0 Å². The van der Waals surface area contributed by atoms with Crippen LogP contribution in [0.25, 0.3) is 0 Å². The molecule has 118 valence electrons. The second kappa shape index (κ2) is 6.30. The van der Waals surface area contributed by atoms with Crippen molar-refractivity contribution >= 4 is 6.09 Å². The van der Waals surface area contributed by atoms with E-state index >= 15 is 0 Å². The zero-order chi connectivity index (χ0) is 16.3. The number of nitrogens with one attached hydrogen (secondary N) is 1. The van der Waals surface area contributed by atoms with E-state index in [0.717, 1.165) is 18.3 Å². The third-order valence-electron chi connectivity index (χ3n) is 2.30. The van der Waals surface area contributed by atoms with Gasteiger partial charge in [0.2, 0.25) is 0 Å². The molecule has 1 unspecified atom stereocenters. The third-order valence-corrected chi connectivity index (χ3v) is 2.30. The standard InChI is InChI=1S/C13H17F3N2O3/c1-12(2,3)21-11(20)18-7-13(15,16)10(19)9-5-4-8(14)6-17-9/h4-6,10,19H,7H2,1-3H3,(H,18,20). The number of amides is 1. The van der Waals surface area contributed by atoms with Gasteiger partial charge in [-0.3, -0.25) is 4.98 Å². The second-order valence-corrected chi connectivity index (χ2v) is 5.42. The molecule has 0 spiro atoms. The fraction of sp³-hybridized carbons (Fsp3) is 0.538. The molecule has 0 fully saturated rings. The van der Waals surface area contributed by atoms with Crippen molar-refractivity contribution in [1.82, 2.24) is 10.3 Å². The monoisotopic (exact) mass is 306 g/mol. The summed E-state index contributed by atoms with van der Waals surface area (Å²) in [5, 5.41) is 11.4. The molecule has 0 aromatic carbocycles. The maximum absolute atomic E-state index is 13.7. The van der Waals surface area contributed by atoms with Crippen molar-refractivity contribution in [1.29, 1.82) is 0 Å². The molecule has 0 aliphatic heterocycles. The molecular formula is C13H17F3N2O3. The highest BCUT2D eigenvalue weighted by molar-refractivity contribution is 5.67. The normalized spacial score (nSPS) is 13.7. The molecule has 8 heteroatoms. The van der Waals surface area contributed by atoms with Gasteiger partial charge in [0.25, 0.3) is 5.92 Å². The van der Waals surface area contributed by atoms with E-state index in [1.54, 1.807) is 20.8 Å². The van der Waals surface area contributed by atoms with Crippen LogP contribution in [-0.2, 0) is 4.74 Å². The van der Waals surface area contributed by atoms with E-state index in [0.29, 0.717) is 0 Å². The van der Waals surface area contributed by atoms with Gasteiger partial charge in [-0.15, -0.1) is 0 Å². The van der Waals surface area contributed by atoms with Crippen molar-refractivity contribution in [2.75, 3.05) is 6.54 Å². The van der Waals surface area contributed by atoms with Crippen LogP contribution in [0.5, 0.6) is 0 Å². The number of aromatic nitrogens is 1. The van der Waals surface area contributed by atoms with Crippen LogP contribution in [0.15, 0.2) is 18.3 Å². The number of aliphatic hydroxyl groups excluding tert-OH is 1. The van der Waals surface area contributed by atoms with E-state index in [-0.39, 0.29) is 0 Å². The predicted molar refractivity (Wildman–Crippen MR) is 68.3 cm³/mol. The van der Waals surface area contributed by atoms with Crippen LogP contribution < -0.4 is 5.32 Å². The highest BCUT2D eigenvalue weighted by Crippen LogP contribution is 2.29. The summed E-state index contributed by atoms with van der Waals surface area (Å²) in [5.74, 6) is -4.39. The van der Waals surface area contributed by atoms with Crippen LogP contribution in [0.3, 0.4) is 0 Å². The summed E-state index contributed by atoms with van der Waals surface area (Å²) in [6, 6.07) is 1.85. The van der Waals surface area contributed by atoms with Crippen LogP contribution in [0.2, 0.25) is 0 Å². The van der Waals surface area contributed by atoms with Gasteiger partial charge in [-0.1, -0.05) is 0 Å². The Hall–Kier alpha value is -1.83. The molecule has 0 radical (unpaired) electrons. The Morgan fingerprint density at radius 2 is 2.05 bits per heavy atom. The molecule has 1 aromatic rings. The molecule has 2 N–H and O–H groups in total. The number of aliphatic hydroxyl groups is 1. The summed E-state index contributed by atoms with van der Waals surface area (Å²) >= 11 is 0. The van der Waals surface area contributed by atoms with E-state index in [1.165, 1.54) is 0 Å². The van der Waals surface area contributed by atoms with Crippen molar-refractivity contribution in [3.8, 4) is 0 Å². The Balaban J connectivity index is 2.64. The number of ether oxygens (including phenoxy) is 1. The Kier molecular flexibility index (Phi) is 5.16. The lowest BCUT2D eigenvalue weighted by atomic mass is 10.1. The minimum Gasteiger partial charge on any atom is -0.444 e. The first kappa shape index (κ1) is 17.2. The highest BCUT2D eigenvalue weighted by atomic mass is 19.3. The molecule has 1 atom stereocenters. The topological polar surface area (TPSA) is 71.5 Å². The molecule has 1 heterocycles. The summed E-state index contributed by atoms with van der Waals surface area (Å²) in [6.07, 6.45) is -2.58. The number of nitrogens with zero attached hydrogens (tertiary/aromatic N) is 1. The number of rotatable bonds is 4. The molecule has 21 heavy (non-hydrogen) atoms. The Bertz CT molecular complexity index is 486. The average molecular weight is 306 g/mol. The number of alkyl halides is 2. The maximum Gasteiger partial charge on any atom is 0.407 e.